The van der Waals surface area contributed by atoms with E-state index in [0.717, 1.165) is 11.1 Å². The number of aromatic nitrogens is 1. The van der Waals surface area contributed by atoms with Crippen LogP contribution in [-0.2, 0) is 27.6 Å². The molecular formula is C15H14N2O2S. The molecule has 0 bridgehead atoms. The summed E-state index contributed by atoms with van der Waals surface area (Å²) in [6.45, 7) is 0. The molecule has 102 valence electrons. The van der Waals surface area contributed by atoms with E-state index in [1.807, 2.05) is 30.3 Å². The van der Waals surface area contributed by atoms with Crippen LogP contribution in [0.15, 0.2) is 42.6 Å². The number of rotatable bonds is 0. The summed E-state index contributed by atoms with van der Waals surface area (Å²) in [5, 5.41) is 0. The molecule has 0 atom stereocenters. The molecule has 1 aliphatic carbocycles. The highest BCUT2D eigenvalue weighted by atomic mass is 32.2. The lowest BCUT2D eigenvalue weighted by atomic mass is 9.99. The fourth-order valence-electron chi connectivity index (χ4n) is 3.45. The second-order valence-electron chi connectivity index (χ2n) is 5.46. The molecule has 0 saturated carbocycles. The number of hydrogen-bond acceptors (Lipinski definition) is 3. The predicted molar refractivity (Wildman–Crippen MR) is 77.1 cm³/mol. The molecule has 0 amide bonds. The molecule has 0 N–H and O–H groups in total. The van der Waals surface area contributed by atoms with Gasteiger partial charge in [-0.15, -0.1) is 0 Å². The Labute approximate surface area is 118 Å². The van der Waals surface area contributed by atoms with Crippen molar-refractivity contribution >= 4 is 15.7 Å². The van der Waals surface area contributed by atoms with E-state index >= 15 is 0 Å². The van der Waals surface area contributed by atoms with Crippen molar-refractivity contribution in [2.24, 2.45) is 0 Å². The molecule has 1 aliphatic heterocycles. The molecule has 4 rings (SSSR count). The van der Waals surface area contributed by atoms with Crippen molar-refractivity contribution in [3.8, 4) is 0 Å². The van der Waals surface area contributed by atoms with E-state index in [9.17, 15) is 8.42 Å². The Kier molecular flexibility index (Phi) is 2.15. The number of sulfonamides is 1. The Morgan fingerprint density at radius 1 is 1.10 bits per heavy atom. The van der Waals surface area contributed by atoms with Crippen molar-refractivity contribution in [1.82, 2.24) is 4.98 Å². The average Bonchev–Trinajstić information content (AvgIpc) is 2.93. The van der Waals surface area contributed by atoms with Crippen molar-refractivity contribution in [1.29, 1.82) is 0 Å². The fourth-order valence-corrected chi connectivity index (χ4v) is 5.45. The summed E-state index contributed by atoms with van der Waals surface area (Å²) < 4.78 is 26.3. The molecule has 1 aromatic carbocycles. The zero-order valence-corrected chi connectivity index (χ0v) is 11.9. The third-order valence-corrected chi connectivity index (χ3v) is 6.87. The van der Waals surface area contributed by atoms with Crippen molar-refractivity contribution < 1.29 is 8.42 Å². The van der Waals surface area contributed by atoms with Crippen LogP contribution in [-0.4, -0.2) is 20.4 Å². The summed E-state index contributed by atoms with van der Waals surface area (Å²) in [7, 11) is -1.80. The van der Waals surface area contributed by atoms with Crippen molar-refractivity contribution in [3.05, 3.63) is 59.4 Å². The third kappa shape index (κ3) is 1.21. The Balaban J connectivity index is 2.00. The summed E-state index contributed by atoms with van der Waals surface area (Å²) in [4.78, 5) is 4.40. The Morgan fingerprint density at radius 2 is 1.75 bits per heavy atom. The number of benzene rings is 1. The number of fused-ring (bicyclic) bond motifs is 3. The smallest absolute Gasteiger partial charge is 0.247 e. The number of hydrogen-bond donors (Lipinski definition) is 0. The van der Waals surface area contributed by atoms with E-state index in [4.69, 9.17) is 0 Å². The molecule has 0 fully saturated rings. The van der Waals surface area contributed by atoms with Gasteiger partial charge in [0.05, 0.1) is 11.4 Å². The van der Waals surface area contributed by atoms with Gasteiger partial charge >= 0.3 is 0 Å². The first kappa shape index (κ1) is 11.9. The maximum atomic E-state index is 12.9. The first-order valence-electron chi connectivity index (χ1n) is 6.57. The van der Waals surface area contributed by atoms with Crippen molar-refractivity contribution in [3.63, 3.8) is 0 Å². The summed E-state index contributed by atoms with van der Waals surface area (Å²) in [5.41, 5.74) is 3.63. The normalized spacial score (nSPS) is 20.9. The van der Waals surface area contributed by atoms with Crippen LogP contribution < -0.4 is 4.31 Å². The van der Waals surface area contributed by atoms with Gasteiger partial charge in [-0.25, -0.2) is 8.42 Å². The van der Waals surface area contributed by atoms with Gasteiger partial charge in [0.25, 0.3) is 0 Å². The van der Waals surface area contributed by atoms with Crippen LogP contribution in [0.2, 0.25) is 0 Å². The maximum absolute atomic E-state index is 12.9. The first-order chi connectivity index (χ1) is 9.56. The molecule has 5 heteroatoms. The van der Waals surface area contributed by atoms with Crippen LogP contribution in [0.25, 0.3) is 0 Å². The molecule has 20 heavy (non-hydrogen) atoms. The van der Waals surface area contributed by atoms with Gasteiger partial charge < -0.3 is 0 Å². The topological polar surface area (TPSA) is 50.3 Å². The Bertz CT molecular complexity index is 789. The van der Waals surface area contributed by atoms with E-state index in [-0.39, 0.29) is 0 Å². The summed E-state index contributed by atoms with van der Waals surface area (Å²) >= 11 is 0. The maximum Gasteiger partial charge on any atom is 0.247 e. The minimum Gasteiger partial charge on any atom is -0.271 e. The van der Waals surface area contributed by atoms with Gasteiger partial charge in [-0.1, -0.05) is 24.3 Å². The highest BCUT2D eigenvalue weighted by molar-refractivity contribution is 7.94. The van der Waals surface area contributed by atoms with Crippen LogP contribution in [0.5, 0.6) is 0 Å². The van der Waals surface area contributed by atoms with Crippen LogP contribution in [0, 0.1) is 0 Å². The molecule has 2 heterocycles. The van der Waals surface area contributed by atoms with Crippen LogP contribution >= 0.6 is 0 Å². The van der Waals surface area contributed by atoms with Gasteiger partial charge in [-0.2, -0.15) is 0 Å². The minimum absolute atomic E-state index is 0.514. The van der Waals surface area contributed by atoms with E-state index in [1.54, 1.807) is 19.3 Å². The lowest BCUT2D eigenvalue weighted by Crippen LogP contribution is -2.39. The molecule has 2 aromatic rings. The van der Waals surface area contributed by atoms with Gasteiger partial charge in [-0.3, -0.25) is 9.29 Å². The number of pyridine rings is 1. The zero-order valence-electron chi connectivity index (χ0n) is 11.1. The highest BCUT2D eigenvalue weighted by Crippen LogP contribution is 2.52. The Hall–Kier alpha value is -1.88. The molecule has 0 saturated heterocycles. The molecule has 0 unspecified atom stereocenters. The lowest BCUT2D eigenvalue weighted by molar-refractivity contribution is 0.532. The van der Waals surface area contributed by atoms with Gasteiger partial charge in [-0.05, 0) is 23.3 Å². The largest absolute Gasteiger partial charge is 0.271 e. The Morgan fingerprint density at radius 3 is 2.40 bits per heavy atom. The fraction of sp³-hybridized carbons (Fsp3) is 0.267. The zero-order chi connectivity index (χ0) is 14.0. The van der Waals surface area contributed by atoms with Crippen LogP contribution in [0.3, 0.4) is 0 Å². The van der Waals surface area contributed by atoms with Gasteiger partial charge in [0, 0.05) is 26.1 Å². The third-order valence-electron chi connectivity index (χ3n) is 4.48. The van der Waals surface area contributed by atoms with Crippen molar-refractivity contribution in [2.75, 3.05) is 11.4 Å². The second-order valence-corrected chi connectivity index (χ2v) is 7.74. The standard InChI is InChI=1S/C15H14N2O2S/c1-17-13-7-4-8-16-14(13)15(20(17,18)19)9-11-5-2-3-6-12(11)10-15/h2-8H,9-10H2,1H3. The second kappa shape index (κ2) is 3.61. The van der Waals surface area contributed by atoms with Gasteiger partial charge in [0.1, 0.15) is 4.75 Å². The van der Waals surface area contributed by atoms with Crippen molar-refractivity contribution in [2.45, 2.75) is 17.6 Å². The first-order valence-corrected chi connectivity index (χ1v) is 8.01. The van der Waals surface area contributed by atoms with E-state index in [0.29, 0.717) is 24.2 Å². The minimum atomic E-state index is -3.42. The van der Waals surface area contributed by atoms with E-state index in [1.165, 1.54) is 4.31 Å². The lowest BCUT2D eigenvalue weighted by Gasteiger charge is -2.23. The van der Waals surface area contributed by atoms with Crippen LogP contribution in [0.4, 0.5) is 5.69 Å². The van der Waals surface area contributed by atoms with E-state index in [2.05, 4.69) is 4.98 Å². The molecule has 0 radical (unpaired) electrons. The number of nitrogens with zero attached hydrogens (tertiary/aromatic N) is 2. The van der Waals surface area contributed by atoms with Crippen LogP contribution in [0.1, 0.15) is 16.8 Å². The van der Waals surface area contributed by atoms with E-state index < -0.39 is 14.8 Å². The summed E-state index contributed by atoms with van der Waals surface area (Å²) in [6, 6.07) is 11.6. The predicted octanol–water partition coefficient (Wildman–Crippen LogP) is 1.86. The SMILES string of the molecule is CN1c2cccnc2C2(Cc3ccccc3C2)S1(=O)=O. The average molecular weight is 286 g/mol. The monoisotopic (exact) mass is 286 g/mol. The quantitative estimate of drug-likeness (QED) is 0.742. The molecule has 4 nitrogen and oxygen atoms in total. The number of anilines is 1. The molecule has 1 spiro atoms. The highest BCUT2D eigenvalue weighted by Gasteiger charge is 2.58. The molecule has 2 aliphatic rings. The van der Waals surface area contributed by atoms with Gasteiger partial charge in [0.15, 0.2) is 0 Å². The molecule has 1 aromatic heterocycles. The summed E-state index contributed by atoms with van der Waals surface area (Å²) in [6.07, 6.45) is 2.71. The molecular weight excluding hydrogens is 272 g/mol. The van der Waals surface area contributed by atoms with Gasteiger partial charge in [0.2, 0.25) is 10.0 Å². The summed E-state index contributed by atoms with van der Waals surface area (Å²) in [5.74, 6) is 0.